The molecule has 0 saturated carbocycles. The third kappa shape index (κ3) is 4.31. The fourth-order valence-electron chi connectivity index (χ4n) is 3.27. The number of carboxylic acid groups (broad SMARTS) is 1. The minimum absolute atomic E-state index is 0.00296. The van der Waals surface area contributed by atoms with E-state index in [-0.39, 0.29) is 17.2 Å². The summed E-state index contributed by atoms with van der Waals surface area (Å²) in [5, 5.41) is 12.6. The molecule has 1 heterocycles. The summed E-state index contributed by atoms with van der Waals surface area (Å²) in [6.07, 6.45) is 3.46. The van der Waals surface area contributed by atoms with Crippen molar-refractivity contribution in [2.45, 2.75) is 64.1 Å². The molecular weight excluding hydrogens is 278 g/mol. The Morgan fingerprint density at radius 1 is 1.27 bits per heavy atom. The Morgan fingerprint density at radius 3 is 2.45 bits per heavy atom. The van der Waals surface area contributed by atoms with Crippen LogP contribution in [0.25, 0.3) is 0 Å². The first kappa shape index (κ1) is 17.0. The molecule has 0 aromatic heterocycles. The maximum Gasteiger partial charge on any atom is 0.335 e. The average molecular weight is 305 g/mol. The summed E-state index contributed by atoms with van der Waals surface area (Å²) in [4.78, 5) is 10.9. The second kappa shape index (κ2) is 6.39. The standard InChI is InChI=1S/C18H27NO3/c1-13(14-6-8-15(9-7-14)16(20)21)22-12-18(4)11-5-10-17(2,3)19-18/h6-9,13,19H,5,10-12H2,1-4H3,(H,20,21). The molecule has 1 aromatic carbocycles. The molecule has 1 aliphatic heterocycles. The van der Waals surface area contributed by atoms with Gasteiger partial charge in [-0.05, 0) is 64.7 Å². The smallest absolute Gasteiger partial charge is 0.335 e. The van der Waals surface area contributed by atoms with Gasteiger partial charge in [0.1, 0.15) is 0 Å². The van der Waals surface area contributed by atoms with Gasteiger partial charge in [-0.15, -0.1) is 0 Å². The molecule has 0 aliphatic carbocycles. The van der Waals surface area contributed by atoms with E-state index in [0.29, 0.717) is 12.2 Å². The van der Waals surface area contributed by atoms with E-state index >= 15 is 0 Å². The van der Waals surface area contributed by atoms with Gasteiger partial charge < -0.3 is 15.2 Å². The predicted octanol–water partition coefficient (Wildman–Crippen LogP) is 3.77. The Balaban J connectivity index is 1.94. The van der Waals surface area contributed by atoms with Crippen LogP contribution >= 0.6 is 0 Å². The van der Waals surface area contributed by atoms with Crippen molar-refractivity contribution in [3.8, 4) is 0 Å². The molecule has 0 amide bonds. The van der Waals surface area contributed by atoms with E-state index in [4.69, 9.17) is 9.84 Å². The van der Waals surface area contributed by atoms with Crippen molar-refractivity contribution in [1.82, 2.24) is 5.32 Å². The molecule has 1 aromatic rings. The van der Waals surface area contributed by atoms with Crippen LogP contribution < -0.4 is 5.32 Å². The van der Waals surface area contributed by atoms with Gasteiger partial charge in [0.05, 0.1) is 18.3 Å². The number of nitrogens with one attached hydrogen (secondary N) is 1. The highest BCUT2D eigenvalue weighted by atomic mass is 16.5. The van der Waals surface area contributed by atoms with E-state index in [2.05, 4.69) is 26.1 Å². The summed E-state index contributed by atoms with van der Waals surface area (Å²) in [5.41, 5.74) is 1.46. The zero-order chi connectivity index (χ0) is 16.4. The van der Waals surface area contributed by atoms with Gasteiger partial charge in [-0.2, -0.15) is 0 Å². The second-order valence-electron chi connectivity index (χ2n) is 7.30. The highest BCUT2D eigenvalue weighted by Gasteiger charge is 2.36. The topological polar surface area (TPSA) is 58.6 Å². The van der Waals surface area contributed by atoms with Crippen molar-refractivity contribution in [3.63, 3.8) is 0 Å². The van der Waals surface area contributed by atoms with E-state index in [1.807, 2.05) is 19.1 Å². The molecule has 4 heteroatoms. The number of ether oxygens (including phenoxy) is 1. The number of rotatable bonds is 5. The van der Waals surface area contributed by atoms with Gasteiger partial charge in [0.2, 0.25) is 0 Å². The van der Waals surface area contributed by atoms with Gasteiger partial charge in [-0.25, -0.2) is 4.79 Å². The zero-order valence-electron chi connectivity index (χ0n) is 14.0. The van der Waals surface area contributed by atoms with Crippen molar-refractivity contribution >= 4 is 5.97 Å². The molecule has 1 saturated heterocycles. The summed E-state index contributed by atoms with van der Waals surface area (Å²) in [7, 11) is 0. The van der Waals surface area contributed by atoms with Crippen molar-refractivity contribution in [2.24, 2.45) is 0 Å². The van der Waals surface area contributed by atoms with Crippen LogP contribution in [0.4, 0.5) is 0 Å². The van der Waals surface area contributed by atoms with Crippen molar-refractivity contribution in [3.05, 3.63) is 35.4 Å². The Labute approximate surface area is 132 Å². The molecule has 0 radical (unpaired) electrons. The third-order valence-corrected chi connectivity index (χ3v) is 4.45. The first-order chi connectivity index (χ1) is 10.2. The number of benzene rings is 1. The average Bonchev–Trinajstić information content (AvgIpc) is 2.43. The third-order valence-electron chi connectivity index (χ3n) is 4.45. The quantitative estimate of drug-likeness (QED) is 0.869. The number of carbonyl (C=O) groups is 1. The molecule has 2 atom stereocenters. The van der Waals surface area contributed by atoms with Gasteiger partial charge in [0.25, 0.3) is 0 Å². The van der Waals surface area contributed by atoms with Crippen molar-refractivity contribution in [2.75, 3.05) is 6.61 Å². The molecule has 2 N–H and O–H groups in total. The molecule has 122 valence electrons. The highest BCUT2D eigenvalue weighted by molar-refractivity contribution is 5.87. The number of hydrogen-bond donors (Lipinski definition) is 2. The van der Waals surface area contributed by atoms with Gasteiger partial charge >= 0.3 is 5.97 Å². The lowest BCUT2D eigenvalue weighted by Gasteiger charge is -2.44. The van der Waals surface area contributed by atoms with Crippen LogP contribution in [-0.4, -0.2) is 28.8 Å². The lowest BCUT2D eigenvalue weighted by molar-refractivity contribution is -0.000943. The van der Waals surface area contributed by atoms with Gasteiger partial charge in [-0.1, -0.05) is 12.1 Å². The van der Waals surface area contributed by atoms with Crippen LogP contribution in [0.2, 0.25) is 0 Å². The van der Waals surface area contributed by atoms with Crippen molar-refractivity contribution in [1.29, 1.82) is 0 Å². The van der Waals surface area contributed by atoms with E-state index in [9.17, 15) is 4.79 Å². The fraction of sp³-hybridized carbons (Fsp3) is 0.611. The minimum atomic E-state index is -0.902. The Kier molecular flexibility index (Phi) is 4.93. The van der Waals surface area contributed by atoms with Gasteiger partial charge in [-0.3, -0.25) is 0 Å². The molecule has 22 heavy (non-hydrogen) atoms. The SMILES string of the molecule is CC(OCC1(C)CCCC(C)(C)N1)c1ccc(C(=O)O)cc1. The van der Waals surface area contributed by atoms with Crippen LogP contribution in [0.1, 0.15) is 69.0 Å². The molecule has 2 unspecified atom stereocenters. The number of carboxylic acids is 1. The predicted molar refractivity (Wildman–Crippen MR) is 87.2 cm³/mol. The summed E-state index contributed by atoms with van der Waals surface area (Å²) in [5.74, 6) is -0.902. The molecule has 4 nitrogen and oxygen atoms in total. The molecule has 1 aliphatic rings. The summed E-state index contributed by atoms with van der Waals surface area (Å²) in [6, 6.07) is 6.91. The number of aromatic carboxylic acids is 1. The lowest BCUT2D eigenvalue weighted by atomic mass is 9.82. The Bertz CT molecular complexity index is 524. The molecule has 1 fully saturated rings. The molecule has 2 rings (SSSR count). The Morgan fingerprint density at radius 2 is 1.91 bits per heavy atom. The molecule has 0 bridgehead atoms. The molecule has 0 spiro atoms. The number of hydrogen-bond acceptors (Lipinski definition) is 3. The van der Waals surface area contributed by atoms with E-state index < -0.39 is 5.97 Å². The van der Waals surface area contributed by atoms with E-state index in [0.717, 1.165) is 12.0 Å². The minimum Gasteiger partial charge on any atom is -0.478 e. The fourth-order valence-corrected chi connectivity index (χ4v) is 3.27. The summed E-state index contributed by atoms with van der Waals surface area (Å²) in [6.45, 7) is 9.34. The van der Waals surface area contributed by atoms with E-state index in [1.165, 1.54) is 12.8 Å². The van der Waals surface area contributed by atoms with Crippen molar-refractivity contribution < 1.29 is 14.6 Å². The Hall–Kier alpha value is -1.39. The van der Waals surface area contributed by atoms with E-state index in [1.54, 1.807) is 12.1 Å². The van der Waals surface area contributed by atoms with Gasteiger partial charge in [0.15, 0.2) is 0 Å². The monoisotopic (exact) mass is 305 g/mol. The first-order valence-electron chi connectivity index (χ1n) is 7.95. The largest absolute Gasteiger partial charge is 0.478 e. The highest BCUT2D eigenvalue weighted by Crippen LogP contribution is 2.30. The lowest BCUT2D eigenvalue weighted by Crippen LogP contribution is -2.59. The van der Waals surface area contributed by atoms with Crippen LogP contribution in [0.3, 0.4) is 0 Å². The normalized spacial score (nSPS) is 25.6. The van der Waals surface area contributed by atoms with Crippen LogP contribution in [0.15, 0.2) is 24.3 Å². The number of piperidine rings is 1. The van der Waals surface area contributed by atoms with Crippen LogP contribution in [0.5, 0.6) is 0 Å². The van der Waals surface area contributed by atoms with Crippen LogP contribution in [-0.2, 0) is 4.74 Å². The summed E-state index contributed by atoms with van der Waals surface area (Å²) >= 11 is 0. The summed E-state index contributed by atoms with van der Waals surface area (Å²) < 4.78 is 6.05. The maximum atomic E-state index is 10.9. The second-order valence-corrected chi connectivity index (χ2v) is 7.30. The first-order valence-corrected chi connectivity index (χ1v) is 7.95. The zero-order valence-corrected chi connectivity index (χ0v) is 14.0. The maximum absolute atomic E-state index is 10.9. The van der Waals surface area contributed by atoms with Crippen LogP contribution in [0, 0.1) is 0 Å². The van der Waals surface area contributed by atoms with Gasteiger partial charge in [0, 0.05) is 11.1 Å². The molecular formula is C18H27NO3.